The number of nitrogens with zero attached hydrogens (tertiary/aromatic N) is 3. The van der Waals surface area contributed by atoms with Gasteiger partial charge >= 0.3 is 5.97 Å². The van der Waals surface area contributed by atoms with Crippen molar-refractivity contribution in [2.24, 2.45) is 0 Å². The average Bonchev–Trinajstić information content (AvgIpc) is 2.89. The predicted molar refractivity (Wildman–Crippen MR) is 130 cm³/mol. The lowest BCUT2D eigenvalue weighted by atomic mass is 10.1. The number of nitrogens with one attached hydrogen (secondary N) is 1. The van der Waals surface area contributed by atoms with Gasteiger partial charge in [0.15, 0.2) is 0 Å². The number of carboxylic acid groups (broad SMARTS) is 1. The minimum atomic E-state index is -1.07. The van der Waals surface area contributed by atoms with Gasteiger partial charge in [-0.05, 0) is 42.5 Å². The molecule has 0 spiro atoms. The summed E-state index contributed by atoms with van der Waals surface area (Å²) >= 11 is 0. The molecule has 2 N–H and O–H groups in total. The largest absolute Gasteiger partial charge is 0.497 e. The van der Waals surface area contributed by atoms with E-state index in [1.165, 1.54) is 12.1 Å². The van der Waals surface area contributed by atoms with Gasteiger partial charge in [0.25, 0.3) is 5.91 Å². The number of rotatable bonds is 7. The molecule has 2 heterocycles. The Balaban J connectivity index is 1.43. The second-order valence-electron chi connectivity index (χ2n) is 8.48. The molecule has 2 aromatic rings. The molecule has 2 fully saturated rings. The Morgan fingerprint density at radius 1 is 0.943 bits per heavy atom. The van der Waals surface area contributed by atoms with Crippen LogP contribution in [0.25, 0.3) is 0 Å². The van der Waals surface area contributed by atoms with Gasteiger partial charge in [0, 0.05) is 44.8 Å². The van der Waals surface area contributed by atoms with E-state index in [-0.39, 0.29) is 17.4 Å². The summed E-state index contributed by atoms with van der Waals surface area (Å²) < 4.78 is 10.5. The first kappa shape index (κ1) is 24.5. The Morgan fingerprint density at radius 3 is 2.23 bits per heavy atom. The lowest BCUT2D eigenvalue weighted by molar-refractivity contribution is -0.136. The normalized spacial score (nSPS) is 16.6. The van der Waals surface area contributed by atoms with Gasteiger partial charge in [-0.2, -0.15) is 0 Å². The fraction of sp³-hybridized carbons (Fsp3) is 0.400. The number of amides is 2. The molecule has 2 aromatic carbocycles. The predicted octanol–water partition coefficient (Wildman–Crippen LogP) is 1.63. The molecule has 0 saturated carbocycles. The highest BCUT2D eigenvalue weighted by Gasteiger charge is 2.25. The minimum Gasteiger partial charge on any atom is -0.497 e. The van der Waals surface area contributed by atoms with E-state index in [0.717, 1.165) is 5.69 Å². The van der Waals surface area contributed by atoms with Crippen LogP contribution < -0.4 is 15.0 Å². The molecule has 186 valence electrons. The van der Waals surface area contributed by atoms with Gasteiger partial charge in [-0.15, -0.1) is 0 Å². The zero-order valence-corrected chi connectivity index (χ0v) is 19.7. The number of carbonyl (C=O) groups is 3. The molecule has 2 aliphatic rings. The van der Waals surface area contributed by atoms with Gasteiger partial charge in [0.1, 0.15) is 5.75 Å². The number of carbonyl (C=O) groups excluding carboxylic acids is 2. The second-order valence-corrected chi connectivity index (χ2v) is 8.48. The van der Waals surface area contributed by atoms with Crippen molar-refractivity contribution in [2.45, 2.75) is 0 Å². The van der Waals surface area contributed by atoms with Gasteiger partial charge in [-0.3, -0.25) is 14.5 Å². The maximum Gasteiger partial charge on any atom is 0.335 e. The van der Waals surface area contributed by atoms with Crippen LogP contribution in [0.3, 0.4) is 0 Å². The summed E-state index contributed by atoms with van der Waals surface area (Å²) in [7, 11) is 1.55. The number of benzene rings is 2. The average molecular weight is 483 g/mol. The third-order valence-corrected chi connectivity index (χ3v) is 6.28. The zero-order chi connectivity index (χ0) is 24.8. The first-order valence-electron chi connectivity index (χ1n) is 11.6. The van der Waals surface area contributed by atoms with Crippen LogP contribution in [0.15, 0.2) is 42.5 Å². The Hall–Kier alpha value is -3.63. The van der Waals surface area contributed by atoms with Crippen molar-refractivity contribution in [1.82, 2.24) is 9.80 Å². The van der Waals surface area contributed by atoms with E-state index in [9.17, 15) is 19.5 Å². The second kappa shape index (κ2) is 11.2. The molecule has 0 atom stereocenters. The van der Waals surface area contributed by atoms with Crippen LogP contribution in [-0.2, 0) is 9.53 Å². The van der Waals surface area contributed by atoms with Gasteiger partial charge in [-0.25, -0.2) is 4.79 Å². The van der Waals surface area contributed by atoms with Gasteiger partial charge in [0.05, 0.1) is 43.8 Å². The Morgan fingerprint density at radius 2 is 1.60 bits per heavy atom. The number of anilines is 2. The van der Waals surface area contributed by atoms with E-state index < -0.39 is 5.97 Å². The topological polar surface area (TPSA) is 112 Å². The maximum absolute atomic E-state index is 12.9. The molecule has 2 aliphatic heterocycles. The van der Waals surface area contributed by atoms with Crippen molar-refractivity contribution in [3.05, 3.63) is 53.6 Å². The number of methoxy groups -OCH3 is 1. The number of carboxylic acids is 1. The lowest BCUT2D eigenvalue weighted by Crippen LogP contribution is -2.51. The number of piperazine rings is 1. The molecule has 0 radical (unpaired) electrons. The van der Waals surface area contributed by atoms with Crippen molar-refractivity contribution in [3.8, 4) is 5.75 Å². The maximum atomic E-state index is 12.9. The summed E-state index contributed by atoms with van der Waals surface area (Å²) in [6.07, 6.45) is 0. The minimum absolute atomic E-state index is 0.0912. The molecule has 10 nitrogen and oxygen atoms in total. The van der Waals surface area contributed by atoms with E-state index in [0.29, 0.717) is 76.0 Å². The fourth-order valence-corrected chi connectivity index (χ4v) is 4.23. The van der Waals surface area contributed by atoms with E-state index in [2.05, 4.69) is 15.1 Å². The highest BCUT2D eigenvalue weighted by molar-refractivity contribution is 6.06. The van der Waals surface area contributed by atoms with Crippen molar-refractivity contribution < 1.29 is 29.0 Å². The summed E-state index contributed by atoms with van der Waals surface area (Å²) in [5, 5.41) is 12.3. The number of hydrogen-bond donors (Lipinski definition) is 2. The number of aromatic carboxylic acids is 1. The van der Waals surface area contributed by atoms with Crippen molar-refractivity contribution in [3.63, 3.8) is 0 Å². The highest BCUT2D eigenvalue weighted by atomic mass is 16.5. The fourth-order valence-electron chi connectivity index (χ4n) is 4.23. The standard InChI is InChI=1S/C25H30N4O6/c1-34-20-5-2-18(3-6-20)24(31)26-21-16-19(25(32)33)4-7-22(21)28-10-8-27(9-11-28)17-23(30)29-12-14-35-15-13-29/h2-7,16H,8-15,17H2,1H3,(H,26,31)(H,32,33). The van der Waals surface area contributed by atoms with Crippen LogP contribution in [0.2, 0.25) is 0 Å². The Bertz CT molecular complexity index is 1060. The number of morpholine rings is 1. The monoisotopic (exact) mass is 482 g/mol. The smallest absolute Gasteiger partial charge is 0.335 e. The third kappa shape index (κ3) is 6.09. The first-order chi connectivity index (χ1) is 16.9. The first-order valence-corrected chi connectivity index (χ1v) is 11.6. The van der Waals surface area contributed by atoms with Crippen LogP contribution in [-0.4, -0.2) is 98.8 Å². The number of ether oxygens (including phenoxy) is 2. The molecule has 35 heavy (non-hydrogen) atoms. The highest BCUT2D eigenvalue weighted by Crippen LogP contribution is 2.29. The molecule has 0 bridgehead atoms. The molecule has 2 saturated heterocycles. The van der Waals surface area contributed by atoms with Crippen LogP contribution in [0.4, 0.5) is 11.4 Å². The van der Waals surface area contributed by atoms with E-state index in [1.807, 2.05) is 4.90 Å². The van der Waals surface area contributed by atoms with Crippen molar-refractivity contribution in [1.29, 1.82) is 0 Å². The van der Waals surface area contributed by atoms with Crippen molar-refractivity contribution in [2.75, 3.05) is 76.4 Å². The van der Waals surface area contributed by atoms with Crippen LogP contribution in [0, 0.1) is 0 Å². The quantitative estimate of drug-likeness (QED) is 0.613. The Labute approximate surface area is 204 Å². The zero-order valence-electron chi connectivity index (χ0n) is 19.7. The SMILES string of the molecule is COc1ccc(C(=O)Nc2cc(C(=O)O)ccc2N2CCN(CC(=O)N3CCOCC3)CC2)cc1. The summed E-state index contributed by atoms with van der Waals surface area (Å²) in [6, 6.07) is 11.4. The van der Waals surface area contributed by atoms with E-state index in [4.69, 9.17) is 9.47 Å². The molecule has 0 aliphatic carbocycles. The van der Waals surface area contributed by atoms with Crippen molar-refractivity contribution >= 4 is 29.2 Å². The van der Waals surface area contributed by atoms with Crippen LogP contribution >= 0.6 is 0 Å². The van der Waals surface area contributed by atoms with Crippen LogP contribution in [0.1, 0.15) is 20.7 Å². The summed E-state index contributed by atoms with van der Waals surface area (Å²) in [6.45, 7) is 5.45. The molecule has 2 amide bonds. The van der Waals surface area contributed by atoms with Gasteiger partial charge < -0.3 is 29.7 Å². The molecule has 0 aromatic heterocycles. The van der Waals surface area contributed by atoms with Crippen LogP contribution in [0.5, 0.6) is 5.75 Å². The Kier molecular flexibility index (Phi) is 7.84. The van der Waals surface area contributed by atoms with E-state index in [1.54, 1.807) is 37.4 Å². The summed E-state index contributed by atoms with van der Waals surface area (Å²) in [5.41, 5.74) is 1.71. The van der Waals surface area contributed by atoms with E-state index >= 15 is 0 Å². The number of hydrogen-bond acceptors (Lipinski definition) is 7. The summed E-state index contributed by atoms with van der Waals surface area (Å²) in [5.74, 6) is -0.658. The van der Waals surface area contributed by atoms with Gasteiger partial charge in [0.2, 0.25) is 5.91 Å². The molecular formula is C25H30N4O6. The molecule has 10 heteroatoms. The lowest BCUT2D eigenvalue weighted by Gasteiger charge is -2.37. The summed E-state index contributed by atoms with van der Waals surface area (Å²) in [4.78, 5) is 43.1. The molecule has 0 unspecified atom stereocenters. The molecule has 4 rings (SSSR count). The third-order valence-electron chi connectivity index (χ3n) is 6.28. The van der Waals surface area contributed by atoms with Gasteiger partial charge in [-0.1, -0.05) is 0 Å². The molecular weight excluding hydrogens is 452 g/mol.